The number of rotatable bonds is 6. The van der Waals surface area contributed by atoms with Crippen LogP contribution >= 0.6 is 0 Å². The topological polar surface area (TPSA) is 88.1 Å². The summed E-state index contributed by atoms with van der Waals surface area (Å²) in [6.45, 7) is 6.75. The first kappa shape index (κ1) is 17.3. The van der Waals surface area contributed by atoms with Gasteiger partial charge < -0.3 is 18.9 Å². The van der Waals surface area contributed by atoms with Gasteiger partial charge in [0, 0.05) is 6.08 Å². The highest BCUT2D eigenvalue weighted by molar-refractivity contribution is 6.18. The lowest BCUT2D eigenvalue weighted by Gasteiger charge is -2.16. The Morgan fingerprint density at radius 2 is 1.67 bits per heavy atom. The molecule has 1 aliphatic heterocycles. The van der Waals surface area contributed by atoms with E-state index in [1.54, 1.807) is 27.7 Å². The molecule has 0 N–H and O–H groups in total. The zero-order valence-corrected chi connectivity index (χ0v) is 12.6. The maximum absolute atomic E-state index is 12.1. The number of hydrogen-bond acceptors (Lipinski definition) is 7. The Kier molecular flexibility index (Phi) is 6.04. The van der Waals surface area contributed by atoms with Crippen LogP contribution in [0.4, 0.5) is 0 Å². The molecular formula is C14H20O7. The predicted molar refractivity (Wildman–Crippen MR) is 71.3 cm³/mol. The van der Waals surface area contributed by atoms with Crippen molar-refractivity contribution in [3.05, 3.63) is 11.6 Å². The summed E-state index contributed by atoms with van der Waals surface area (Å²) in [7, 11) is 0. The molecule has 0 aromatic heterocycles. The third-order valence-corrected chi connectivity index (χ3v) is 2.60. The van der Waals surface area contributed by atoms with E-state index in [9.17, 15) is 14.4 Å². The molecule has 118 valence electrons. The first-order valence-electron chi connectivity index (χ1n) is 6.72. The quantitative estimate of drug-likeness (QED) is 0.310. The van der Waals surface area contributed by atoms with Gasteiger partial charge >= 0.3 is 11.9 Å². The minimum absolute atomic E-state index is 0.0568. The molecule has 1 heterocycles. The van der Waals surface area contributed by atoms with Gasteiger partial charge in [0.25, 0.3) is 0 Å². The van der Waals surface area contributed by atoms with E-state index in [-0.39, 0.29) is 19.8 Å². The zero-order chi connectivity index (χ0) is 16.0. The largest absolute Gasteiger partial charge is 0.462 e. The molecule has 1 atom stereocenters. The van der Waals surface area contributed by atoms with E-state index in [1.165, 1.54) is 0 Å². The molecule has 0 amide bonds. The van der Waals surface area contributed by atoms with Crippen molar-refractivity contribution in [3.63, 3.8) is 0 Å². The average molecular weight is 300 g/mol. The van der Waals surface area contributed by atoms with Crippen LogP contribution in [0.5, 0.6) is 0 Å². The average Bonchev–Trinajstić information content (AvgIpc) is 2.76. The molecule has 0 saturated carbocycles. The van der Waals surface area contributed by atoms with Crippen LogP contribution < -0.4 is 0 Å². The number of carbonyl (C=O) groups is 3. The smallest absolute Gasteiger partial charge is 0.345 e. The van der Waals surface area contributed by atoms with Gasteiger partial charge in [0.1, 0.15) is 11.7 Å². The molecular weight excluding hydrogens is 280 g/mol. The van der Waals surface area contributed by atoms with Crippen molar-refractivity contribution in [2.24, 2.45) is 0 Å². The summed E-state index contributed by atoms with van der Waals surface area (Å²) in [4.78, 5) is 35.5. The van der Waals surface area contributed by atoms with Crippen LogP contribution in [0.1, 0.15) is 27.7 Å². The maximum atomic E-state index is 12.1. The van der Waals surface area contributed by atoms with Crippen LogP contribution in [0.3, 0.4) is 0 Å². The summed E-state index contributed by atoms with van der Waals surface area (Å²) >= 11 is 0. The molecule has 1 saturated heterocycles. The molecule has 0 aromatic carbocycles. The standard InChI is InChI=1S/C14H20O7/c1-5-18-12(16)9(13(17)19-6-2)7-10(15)11-8-20-14(3,4)21-11/h7,11H,5-6,8H2,1-4H3/t11-/m1/s1. The van der Waals surface area contributed by atoms with E-state index in [0.29, 0.717) is 0 Å². The summed E-state index contributed by atoms with van der Waals surface area (Å²) < 4.78 is 20.1. The van der Waals surface area contributed by atoms with Gasteiger partial charge in [-0.2, -0.15) is 0 Å². The fraction of sp³-hybridized carbons (Fsp3) is 0.643. The molecule has 7 nitrogen and oxygen atoms in total. The minimum Gasteiger partial charge on any atom is -0.462 e. The lowest BCUT2D eigenvalue weighted by atomic mass is 10.1. The SMILES string of the molecule is CCOC(=O)C(=CC(=O)[C@H]1COC(C)(C)O1)C(=O)OCC. The highest BCUT2D eigenvalue weighted by Crippen LogP contribution is 2.23. The molecule has 0 bridgehead atoms. The Morgan fingerprint density at radius 1 is 1.14 bits per heavy atom. The Labute approximate surface area is 123 Å². The lowest BCUT2D eigenvalue weighted by molar-refractivity contribution is -0.150. The van der Waals surface area contributed by atoms with Crippen LogP contribution in [0.15, 0.2) is 11.6 Å². The molecule has 7 heteroatoms. The van der Waals surface area contributed by atoms with Crippen LogP contribution in [0, 0.1) is 0 Å². The predicted octanol–water partition coefficient (Wildman–Crippen LogP) is 0.760. The van der Waals surface area contributed by atoms with Crippen molar-refractivity contribution in [1.82, 2.24) is 0 Å². The van der Waals surface area contributed by atoms with Crippen LogP contribution in [0.2, 0.25) is 0 Å². The van der Waals surface area contributed by atoms with E-state index < -0.39 is 35.2 Å². The lowest BCUT2D eigenvalue weighted by Crippen LogP contribution is -2.27. The molecule has 0 aromatic rings. The van der Waals surface area contributed by atoms with Crippen molar-refractivity contribution in [2.75, 3.05) is 19.8 Å². The summed E-state index contributed by atoms with van der Waals surface area (Å²) in [6, 6.07) is 0. The highest BCUT2D eigenvalue weighted by Gasteiger charge is 2.37. The van der Waals surface area contributed by atoms with Crippen LogP contribution in [0.25, 0.3) is 0 Å². The third kappa shape index (κ3) is 4.95. The second-order valence-corrected chi connectivity index (χ2v) is 4.72. The second-order valence-electron chi connectivity index (χ2n) is 4.72. The second kappa shape index (κ2) is 7.33. The maximum Gasteiger partial charge on any atom is 0.345 e. The molecule has 1 aliphatic rings. The number of ketones is 1. The monoisotopic (exact) mass is 300 g/mol. The van der Waals surface area contributed by atoms with Gasteiger partial charge in [0.2, 0.25) is 0 Å². The first-order chi connectivity index (χ1) is 9.80. The minimum atomic E-state index is -0.900. The fourth-order valence-corrected chi connectivity index (χ4v) is 1.68. The van der Waals surface area contributed by atoms with Gasteiger partial charge in [-0.3, -0.25) is 4.79 Å². The summed E-state index contributed by atoms with van der Waals surface area (Å²) in [5, 5.41) is 0. The van der Waals surface area contributed by atoms with Gasteiger partial charge in [-0.1, -0.05) is 0 Å². The zero-order valence-electron chi connectivity index (χ0n) is 12.6. The van der Waals surface area contributed by atoms with Crippen molar-refractivity contribution in [3.8, 4) is 0 Å². The van der Waals surface area contributed by atoms with Gasteiger partial charge in [-0.15, -0.1) is 0 Å². The fourth-order valence-electron chi connectivity index (χ4n) is 1.68. The molecule has 0 unspecified atom stereocenters. The number of carbonyl (C=O) groups excluding carboxylic acids is 3. The van der Waals surface area contributed by atoms with E-state index in [1.807, 2.05) is 0 Å². The van der Waals surface area contributed by atoms with E-state index >= 15 is 0 Å². The first-order valence-corrected chi connectivity index (χ1v) is 6.72. The molecule has 0 spiro atoms. The summed E-state index contributed by atoms with van der Waals surface area (Å²) in [5.74, 6) is -3.22. The Hall–Kier alpha value is -1.73. The van der Waals surface area contributed by atoms with Gasteiger partial charge in [0.05, 0.1) is 19.8 Å². The Morgan fingerprint density at radius 3 is 2.05 bits per heavy atom. The van der Waals surface area contributed by atoms with Crippen molar-refractivity contribution < 1.29 is 33.3 Å². The van der Waals surface area contributed by atoms with Gasteiger partial charge in [-0.25, -0.2) is 9.59 Å². The molecule has 21 heavy (non-hydrogen) atoms. The molecule has 0 aliphatic carbocycles. The molecule has 1 fully saturated rings. The Balaban J connectivity index is 2.89. The third-order valence-electron chi connectivity index (χ3n) is 2.60. The van der Waals surface area contributed by atoms with Gasteiger partial charge in [0.15, 0.2) is 11.6 Å². The van der Waals surface area contributed by atoms with E-state index in [2.05, 4.69) is 0 Å². The van der Waals surface area contributed by atoms with E-state index in [0.717, 1.165) is 6.08 Å². The summed E-state index contributed by atoms with van der Waals surface area (Å²) in [5.41, 5.74) is -0.447. The van der Waals surface area contributed by atoms with Crippen molar-refractivity contribution >= 4 is 17.7 Å². The molecule has 0 radical (unpaired) electrons. The number of esters is 2. The Bertz CT molecular complexity index is 430. The van der Waals surface area contributed by atoms with Crippen LogP contribution in [-0.4, -0.2) is 49.4 Å². The van der Waals surface area contributed by atoms with Crippen molar-refractivity contribution in [1.29, 1.82) is 0 Å². The molecule has 1 rings (SSSR count). The van der Waals surface area contributed by atoms with Crippen molar-refractivity contribution in [2.45, 2.75) is 39.6 Å². The van der Waals surface area contributed by atoms with Crippen LogP contribution in [-0.2, 0) is 33.3 Å². The normalized spacial score (nSPS) is 19.7. The summed E-state index contributed by atoms with van der Waals surface area (Å²) in [6.07, 6.45) is 0.0321. The highest BCUT2D eigenvalue weighted by atomic mass is 16.7. The van der Waals surface area contributed by atoms with Gasteiger partial charge in [-0.05, 0) is 27.7 Å². The number of ether oxygens (including phenoxy) is 4. The number of hydrogen-bond donors (Lipinski definition) is 0. The van der Waals surface area contributed by atoms with E-state index in [4.69, 9.17) is 18.9 Å².